The van der Waals surface area contributed by atoms with E-state index in [1.54, 1.807) is 24.4 Å². The van der Waals surface area contributed by atoms with E-state index in [-0.39, 0.29) is 12.2 Å². The molecule has 2 rings (SSSR count). The molecule has 0 saturated carbocycles. The molecule has 2 nitrogen and oxygen atoms in total. The number of hydrogen-bond acceptors (Lipinski definition) is 2. The van der Waals surface area contributed by atoms with E-state index in [0.717, 1.165) is 5.56 Å². The van der Waals surface area contributed by atoms with E-state index in [0.29, 0.717) is 10.9 Å². The second-order valence-corrected chi connectivity index (χ2v) is 2.94. The molecule has 0 bridgehead atoms. The van der Waals surface area contributed by atoms with Crippen LogP contribution in [0.2, 0.25) is 0 Å². The van der Waals surface area contributed by atoms with Crippen LogP contribution in [0.4, 0.5) is 4.39 Å². The monoisotopic (exact) mass is 186 g/mol. The third-order valence-corrected chi connectivity index (χ3v) is 2.07. The Labute approximate surface area is 80.6 Å². The Kier molecular flexibility index (Phi) is 2.11. The van der Waals surface area contributed by atoms with Crippen molar-refractivity contribution in [3.05, 3.63) is 41.8 Å². The van der Waals surface area contributed by atoms with E-state index in [1.807, 2.05) is 6.07 Å². The lowest BCUT2D eigenvalue weighted by molar-refractivity contribution is 0.639. The Morgan fingerprint density at radius 2 is 2.21 bits per heavy atom. The summed E-state index contributed by atoms with van der Waals surface area (Å²) in [6, 6.07) is 8.36. The number of aromatic nitrogens is 1. The van der Waals surface area contributed by atoms with Crippen molar-refractivity contribution in [2.24, 2.45) is 0 Å². The van der Waals surface area contributed by atoms with Gasteiger partial charge in [0.2, 0.25) is 0 Å². The summed E-state index contributed by atoms with van der Waals surface area (Å²) >= 11 is 0. The number of hydrogen-bond donors (Lipinski definition) is 0. The lowest BCUT2D eigenvalue weighted by Gasteiger charge is -2.02. The van der Waals surface area contributed by atoms with E-state index in [9.17, 15) is 4.39 Å². The summed E-state index contributed by atoms with van der Waals surface area (Å²) in [4.78, 5) is 4.07. The molecule has 2 aromatic rings. The molecular formula is C11H7FN2. The predicted octanol–water partition coefficient (Wildman–Crippen LogP) is 2.44. The summed E-state index contributed by atoms with van der Waals surface area (Å²) in [5.74, 6) is -0.296. The third kappa shape index (κ3) is 1.31. The maximum Gasteiger partial charge on any atom is 0.132 e. The summed E-state index contributed by atoms with van der Waals surface area (Å²) in [6.07, 6.45) is 1.86. The van der Waals surface area contributed by atoms with Crippen molar-refractivity contribution in [3.8, 4) is 6.07 Å². The Hall–Kier alpha value is -1.95. The molecule has 1 heterocycles. The molecule has 0 radical (unpaired) electrons. The fourth-order valence-electron chi connectivity index (χ4n) is 1.42. The summed E-state index contributed by atoms with van der Waals surface area (Å²) in [7, 11) is 0. The van der Waals surface area contributed by atoms with Gasteiger partial charge >= 0.3 is 0 Å². The maximum absolute atomic E-state index is 13.3. The van der Waals surface area contributed by atoms with Crippen LogP contribution in [0.15, 0.2) is 30.5 Å². The average Bonchev–Trinajstić information content (AvgIpc) is 2.23. The Morgan fingerprint density at radius 3 is 3.00 bits per heavy atom. The SMILES string of the molecule is N#CCc1ccc(F)c2cccnc12. The van der Waals surface area contributed by atoms with Gasteiger partial charge in [0.15, 0.2) is 0 Å². The number of halogens is 1. The molecule has 1 aromatic carbocycles. The van der Waals surface area contributed by atoms with E-state index in [1.165, 1.54) is 6.07 Å². The molecule has 1 aromatic heterocycles. The highest BCUT2D eigenvalue weighted by atomic mass is 19.1. The normalized spacial score (nSPS) is 10.0. The molecule has 0 aliphatic carbocycles. The fourth-order valence-corrected chi connectivity index (χ4v) is 1.42. The van der Waals surface area contributed by atoms with Crippen LogP contribution in [-0.4, -0.2) is 4.98 Å². The summed E-state index contributed by atoms with van der Waals surface area (Å²) in [5.41, 5.74) is 1.35. The summed E-state index contributed by atoms with van der Waals surface area (Å²) in [6.45, 7) is 0. The highest BCUT2D eigenvalue weighted by Crippen LogP contribution is 2.19. The van der Waals surface area contributed by atoms with E-state index >= 15 is 0 Å². The van der Waals surface area contributed by atoms with Crippen LogP contribution in [0.25, 0.3) is 10.9 Å². The first-order chi connectivity index (χ1) is 6.83. The molecule has 0 unspecified atom stereocenters. The van der Waals surface area contributed by atoms with Gasteiger partial charge in [0.05, 0.1) is 18.0 Å². The first-order valence-corrected chi connectivity index (χ1v) is 4.22. The van der Waals surface area contributed by atoms with Crippen molar-refractivity contribution in [1.82, 2.24) is 4.98 Å². The number of pyridine rings is 1. The van der Waals surface area contributed by atoms with Crippen molar-refractivity contribution in [2.45, 2.75) is 6.42 Å². The molecule has 3 heteroatoms. The predicted molar refractivity (Wildman–Crippen MR) is 51.0 cm³/mol. The van der Waals surface area contributed by atoms with E-state index in [2.05, 4.69) is 4.98 Å². The third-order valence-electron chi connectivity index (χ3n) is 2.07. The van der Waals surface area contributed by atoms with Crippen molar-refractivity contribution in [1.29, 1.82) is 5.26 Å². The van der Waals surface area contributed by atoms with Gasteiger partial charge in [-0.3, -0.25) is 4.98 Å². The number of nitriles is 1. The van der Waals surface area contributed by atoms with Gasteiger partial charge in [0, 0.05) is 11.6 Å². The van der Waals surface area contributed by atoms with Crippen LogP contribution in [0, 0.1) is 17.1 Å². The van der Waals surface area contributed by atoms with Crippen LogP contribution in [0.1, 0.15) is 5.56 Å². The van der Waals surface area contributed by atoms with Crippen molar-refractivity contribution >= 4 is 10.9 Å². The quantitative estimate of drug-likeness (QED) is 0.685. The topological polar surface area (TPSA) is 36.7 Å². The number of rotatable bonds is 1. The standard InChI is InChI=1S/C11H7FN2/c12-10-4-3-8(5-6-13)11-9(10)2-1-7-14-11/h1-4,7H,5H2. The van der Waals surface area contributed by atoms with Crippen LogP contribution in [0.3, 0.4) is 0 Å². The van der Waals surface area contributed by atoms with Gasteiger partial charge in [-0.1, -0.05) is 6.07 Å². The second-order valence-electron chi connectivity index (χ2n) is 2.94. The maximum atomic E-state index is 13.3. The Balaban J connectivity index is 2.76. The van der Waals surface area contributed by atoms with Crippen LogP contribution >= 0.6 is 0 Å². The molecule has 0 saturated heterocycles. The zero-order valence-electron chi connectivity index (χ0n) is 7.37. The largest absolute Gasteiger partial charge is 0.256 e. The zero-order chi connectivity index (χ0) is 9.97. The minimum atomic E-state index is -0.296. The molecule has 0 fully saturated rings. The van der Waals surface area contributed by atoms with Crippen molar-refractivity contribution in [2.75, 3.05) is 0 Å². The van der Waals surface area contributed by atoms with Gasteiger partial charge in [-0.05, 0) is 23.8 Å². The smallest absolute Gasteiger partial charge is 0.132 e. The van der Waals surface area contributed by atoms with Gasteiger partial charge < -0.3 is 0 Å². The minimum absolute atomic E-state index is 0.258. The molecular weight excluding hydrogens is 179 g/mol. The first-order valence-electron chi connectivity index (χ1n) is 4.22. The lowest BCUT2D eigenvalue weighted by atomic mass is 10.1. The number of benzene rings is 1. The van der Waals surface area contributed by atoms with Crippen LogP contribution < -0.4 is 0 Å². The van der Waals surface area contributed by atoms with Crippen LogP contribution in [-0.2, 0) is 6.42 Å². The van der Waals surface area contributed by atoms with Gasteiger partial charge in [-0.2, -0.15) is 5.26 Å². The average molecular weight is 186 g/mol. The second kappa shape index (κ2) is 3.43. The Bertz CT molecular complexity index is 514. The van der Waals surface area contributed by atoms with Crippen LogP contribution in [0.5, 0.6) is 0 Å². The molecule has 0 amide bonds. The molecule has 0 aliphatic heterocycles. The molecule has 14 heavy (non-hydrogen) atoms. The van der Waals surface area contributed by atoms with Gasteiger partial charge in [-0.25, -0.2) is 4.39 Å². The highest BCUT2D eigenvalue weighted by molar-refractivity contribution is 5.82. The van der Waals surface area contributed by atoms with Crippen molar-refractivity contribution in [3.63, 3.8) is 0 Å². The number of fused-ring (bicyclic) bond motifs is 1. The van der Waals surface area contributed by atoms with E-state index in [4.69, 9.17) is 5.26 Å². The lowest BCUT2D eigenvalue weighted by Crippen LogP contribution is -1.90. The fraction of sp³-hybridized carbons (Fsp3) is 0.0909. The zero-order valence-corrected chi connectivity index (χ0v) is 7.37. The van der Waals surface area contributed by atoms with E-state index < -0.39 is 0 Å². The van der Waals surface area contributed by atoms with Crippen molar-refractivity contribution < 1.29 is 4.39 Å². The molecule has 0 aliphatic rings. The van der Waals surface area contributed by atoms with Gasteiger partial charge in [0.1, 0.15) is 5.82 Å². The summed E-state index contributed by atoms with van der Waals surface area (Å²) < 4.78 is 13.3. The van der Waals surface area contributed by atoms with Gasteiger partial charge in [0.25, 0.3) is 0 Å². The first kappa shape index (κ1) is 8.64. The minimum Gasteiger partial charge on any atom is -0.256 e. The number of nitrogens with zero attached hydrogens (tertiary/aromatic N) is 2. The molecule has 68 valence electrons. The highest BCUT2D eigenvalue weighted by Gasteiger charge is 2.05. The summed E-state index contributed by atoms with van der Waals surface area (Å²) in [5, 5.41) is 9.05. The Morgan fingerprint density at radius 1 is 1.36 bits per heavy atom. The molecule has 0 spiro atoms. The molecule has 0 atom stereocenters. The molecule has 0 N–H and O–H groups in total. The van der Waals surface area contributed by atoms with Gasteiger partial charge in [-0.15, -0.1) is 0 Å².